The number of aromatic amines is 1. The molecule has 0 bridgehead atoms. The minimum absolute atomic E-state index is 0.0544. The number of hydrazine groups is 1. The lowest BCUT2D eigenvalue weighted by Gasteiger charge is -2.10. The summed E-state index contributed by atoms with van der Waals surface area (Å²) in [6, 6.07) is 11.4. The zero-order valence-electron chi connectivity index (χ0n) is 13.1. The zero-order valence-corrected chi connectivity index (χ0v) is 13.1. The highest BCUT2D eigenvalue weighted by atomic mass is 19.4. The zero-order chi connectivity index (χ0) is 18.7. The Bertz CT molecular complexity index is 949. The number of benzene rings is 2. The monoisotopic (exact) mass is 363 g/mol. The van der Waals surface area contributed by atoms with Gasteiger partial charge in [-0.15, -0.1) is 13.2 Å². The van der Waals surface area contributed by atoms with Crippen LogP contribution >= 0.6 is 0 Å². The van der Waals surface area contributed by atoms with Crippen molar-refractivity contribution in [3.05, 3.63) is 65.9 Å². The van der Waals surface area contributed by atoms with E-state index in [4.69, 9.17) is 0 Å². The molecular formula is C17H12F3N3O3. The van der Waals surface area contributed by atoms with E-state index in [1.807, 2.05) is 6.07 Å². The highest BCUT2D eigenvalue weighted by Gasteiger charge is 2.31. The van der Waals surface area contributed by atoms with E-state index in [0.717, 1.165) is 29.8 Å². The van der Waals surface area contributed by atoms with Crippen molar-refractivity contribution in [2.75, 3.05) is 0 Å². The van der Waals surface area contributed by atoms with E-state index >= 15 is 0 Å². The van der Waals surface area contributed by atoms with E-state index in [-0.39, 0.29) is 5.56 Å². The van der Waals surface area contributed by atoms with E-state index in [1.165, 1.54) is 6.20 Å². The van der Waals surface area contributed by atoms with Crippen LogP contribution in [0.5, 0.6) is 5.75 Å². The lowest BCUT2D eigenvalue weighted by Crippen LogP contribution is -2.41. The van der Waals surface area contributed by atoms with Gasteiger partial charge in [-0.3, -0.25) is 20.4 Å². The Labute approximate surface area is 144 Å². The Kier molecular flexibility index (Phi) is 4.53. The van der Waals surface area contributed by atoms with E-state index < -0.39 is 23.9 Å². The maximum absolute atomic E-state index is 12.2. The number of fused-ring (bicyclic) bond motifs is 1. The fraction of sp³-hybridized carbons (Fsp3) is 0.0588. The van der Waals surface area contributed by atoms with Gasteiger partial charge in [-0.1, -0.05) is 18.2 Å². The molecule has 0 fully saturated rings. The lowest BCUT2D eigenvalue weighted by molar-refractivity contribution is -0.274. The molecule has 0 saturated heterocycles. The van der Waals surface area contributed by atoms with Crippen molar-refractivity contribution in [2.45, 2.75) is 6.36 Å². The van der Waals surface area contributed by atoms with Crippen molar-refractivity contribution in [1.82, 2.24) is 15.8 Å². The maximum Gasteiger partial charge on any atom is 0.573 e. The molecule has 2 amide bonds. The van der Waals surface area contributed by atoms with E-state index in [0.29, 0.717) is 10.9 Å². The Morgan fingerprint density at radius 2 is 1.58 bits per heavy atom. The summed E-state index contributed by atoms with van der Waals surface area (Å²) in [7, 11) is 0. The lowest BCUT2D eigenvalue weighted by atomic mass is 10.2. The second-order valence-corrected chi connectivity index (χ2v) is 5.23. The Morgan fingerprint density at radius 1 is 0.923 bits per heavy atom. The number of hydrogen-bond acceptors (Lipinski definition) is 3. The molecule has 3 N–H and O–H groups in total. The number of H-pyrrole nitrogens is 1. The number of halogens is 3. The number of nitrogens with one attached hydrogen (secondary N) is 3. The van der Waals surface area contributed by atoms with Gasteiger partial charge in [0.15, 0.2) is 0 Å². The van der Waals surface area contributed by atoms with E-state index in [9.17, 15) is 22.8 Å². The molecule has 0 unspecified atom stereocenters. The molecule has 1 heterocycles. The predicted octanol–water partition coefficient (Wildman–Crippen LogP) is 3.14. The summed E-state index contributed by atoms with van der Waals surface area (Å²) in [5.41, 5.74) is 5.63. The van der Waals surface area contributed by atoms with Crippen molar-refractivity contribution in [1.29, 1.82) is 0 Å². The van der Waals surface area contributed by atoms with Crippen molar-refractivity contribution >= 4 is 22.7 Å². The van der Waals surface area contributed by atoms with Gasteiger partial charge in [-0.05, 0) is 30.3 Å². The average molecular weight is 363 g/mol. The first kappa shape index (κ1) is 17.3. The molecule has 0 aliphatic heterocycles. The summed E-state index contributed by atoms with van der Waals surface area (Å²) in [5.74, 6) is -1.67. The van der Waals surface area contributed by atoms with Gasteiger partial charge in [0, 0.05) is 22.7 Å². The number of amides is 2. The summed E-state index contributed by atoms with van der Waals surface area (Å²) in [4.78, 5) is 27.1. The molecule has 1 aromatic heterocycles. The number of carbonyl (C=O) groups is 2. The first-order valence-electron chi connectivity index (χ1n) is 7.36. The van der Waals surface area contributed by atoms with Crippen LogP contribution in [-0.4, -0.2) is 23.2 Å². The molecule has 0 atom stereocenters. The van der Waals surface area contributed by atoms with Gasteiger partial charge in [-0.2, -0.15) is 0 Å². The largest absolute Gasteiger partial charge is 0.573 e. The molecule has 26 heavy (non-hydrogen) atoms. The van der Waals surface area contributed by atoms with Crippen LogP contribution in [0.3, 0.4) is 0 Å². The standard InChI is InChI=1S/C17H12F3N3O3/c18-17(19,20)26-11-7-5-10(6-8-11)15(24)22-23-16(25)13-9-21-14-4-2-1-3-12(13)14/h1-9,21H,(H,22,24)(H,23,25). The summed E-state index contributed by atoms with van der Waals surface area (Å²) in [5, 5.41) is 0.688. The molecule has 0 saturated carbocycles. The number of para-hydroxylation sites is 1. The van der Waals surface area contributed by atoms with Gasteiger partial charge in [0.1, 0.15) is 5.75 Å². The van der Waals surface area contributed by atoms with Gasteiger partial charge in [-0.25, -0.2) is 0 Å². The third kappa shape index (κ3) is 3.94. The van der Waals surface area contributed by atoms with E-state index in [2.05, 4.69) is 20.6 Å². The first-order chi connectivity index (χ1) is 12.3. The third-order valence-electron chi connectivity index (χ3n) is 3.47. The molecule has 0 aliphatic rings. The fourth-order valence-corrected chi connectivity index (χ4v) is 2.32. The van der Waals surface area contributed by atoms with Crippen LogP contribution in [0, 0.1) is 0 Å². The van der Waals surface area contributed by atoms with Crippen LogP contribution < -0.4 is 15.6 Å². The van der Waals surface area contributed by atoms with E-state index in [1.54, 1.807) is 18.2 Å². The van der Waals surface area contributed by atoms with Crippen LogP contribution in [-0.2, 0) is 0 Å². The van der Waals surface area contributed by atoms with Crippen molar-refractivity contribution in [3.63, 3.8) is 0 Å². The summed E-state index contributed by atoms with van der Waals surface area (Å²) < 4.78 is 40.0. The van der Waals surface area contributed by atoms with Crippen LogP contribution in [0.25, 0.3) is 10.9 Å². The minimum Gasteiger partial charge on any atom is -0.406 e. The fourth-order valence-electron chi connectivity index (χ4n) is 2.32. The number of ether oxygens (including phenoxy) is 1. The summed E-state index contributed by atoms with van der Waals surface area (Å²) in [6.07, 6.45) is -3.30. The SMILES string of the molecule is O=C(NNC(=O)c1c[nH]c2ccccc12)c1ccc(OC(F)(F)F)cc1. The van der Waals surface area contributed by atoms with Crippen LogP contribution in [0.15, 0.2) is 54.7 Å². The molecule has 6 nitrogen and oxygen atoms in total. The van der Waals surface area contributed by atoms with Crippen LogP contribution in [0.1, 0.15) is 20.7 Å². The molecule has 0 aliphatic carbocycles. The number of carbonyl (C=O) groups excluding carboxylic acids is 2. The average Bonchev–Trinajstić information content (AvgIpc) is 3.03. The van der Waals surface area contributed by atoms with Gasteiger partial charge < -0.3 is 9.72 Å². The summed E-state index contributed by atoms with van der Waals surface area (Å²) >= 11 is 0. The Morgan fingerprint density at radius 3 is 2.27 bits per heavy atom. The molecule has 0 radical (unpaired) electrons. The highest BCUT2D eigenvalue weighted by Crippen LogP contribution is 2.22. The molecule has 9 heteroatoms. The number of aromatic nitrogens is 1. The number of rotatable bonds is 3. The second kappa shape index (κ2) is 6.79. The minimum atomic E-state index is -4.81. The topological polar surface area (TPSA) is 83.2 Å². The summed E-state index contributed by atoms with van der Waals surface area (Å²) in [6.45, 7) is 0. The molecule has 2 aromatic carbocycles. The Balaban J connectivity index is 1.62. The molecule has 134 valence electrons. The second-order valence-electron chi connectivity index (χ2n) is 5.23. The molecule has 0 spiro atoms. The van der Waals surface area contributed by atoms with Gasteiger partial charge >= 0.3 is 6.36 Å². The molecular weight excluding hydrogens is 351 g/mol. The number of hydrogen-bond donors (Lipinski definition) is 3. The van der Waals surface area contributed by atoms with Gasteiger partial charge in [0.2, 0.25) is 0 Å². The highest BCUT2D eigenvalue weighted by molar-refractivity contribution is 6.07. The quantitative estimate of drug-likeness (QED) is 0.625. The normalized spacial score (nSPS) is 11.2. The maximum atomic E-state index is 12.2. The van der Waals surface area contributed by atoms with Crippen molar-refractivity contribution in [3.8, 4) is 5.75 Å². The first-order valence-corrected chi connectivity index (χ1v) is 7.36. The third-order valence-corrected chi connectivity index (χ3v) is 3.47. The van der Waals surface area contributed by atoms with Crippen molar-refractivity contribution in [2.24, 2.45) is 0 Å². The van der Waals surface area contributed by atoms with Gasteiger partial charge in [0.05, 0.1) is 5.56 Å². The molecule has 3 aromatic rings. The number of alkyl halides is 3. The Hall–Kier alpha value is -3.49. The predicted molar refractivity (Wildman–Crippen MR) is 86.4 cm³/mol. The van der Waals surface area contributed by atoms with Crippen LogP contribution in [0.4, 0.5) is 13.2 Å². The van der Waals surface area contributed by atoms with Crippen molar-refractivity contribution < 1.29 is 27.5 Å². The molecule has 3 rings (SSSR count). The van der Waals surface area contributed by atoms with Crippen LogP contribution in [0.2, 0.25) is 0 Å². The smallest absolute Gasteiger partial charge is 0.406 e. The van der Waals surface area contributed by atoms with Gasteiger partial charge in [0.25, 0.3) is 11.8 Å².